The molecule has 3 amide bonds. The second-order valence-corrected chi connectivity index (χ2v) is 9.69. The van der Waals surface area contributed by atoms with Gasteiger partial charge in [-0.25, -0.2) is 14.2 Å². The monoisotopic (exact) mass is 570 g/mol. The smallest absolute Gasteiger partial charge is 0.318 e. The van der Waals surface area contributed by atoms with Crippen LogP contribution < -0.4 is 10.6 Å². The summed E-state index contributed by atoms with van der Waals surface area (Å²) >= 11 is 0. The molecule has 1 saturated heterocycles. The van der Waals surface area contributed by atoms with Gasteiger partial charge in [0.15, 0.2) is 5.82 Å². The molecule has 0 aliphatic carbocycles. The number of imidazole rings is 1. The fourth-order valence-electron chi connectivity index (χ4n) is 4.74. The van der Waals surface area contributed by atoms with E-state index in [1.165, 1.54) is 12.5 Å². The van der Waals surface area contributed by atoms with Crippen LogP contribution in [0.4, 0.5) is 9.18 Å². The number of hydrogen-bond acceptors (Lipinski definition) is 4. The predicted molar refractivity (Wildman–Crippen MR) is 169 cm³/mol. The third-order valence-corrected chi connectivity index (χ3v) is 6.81. The number of H-pyrrole nitrogens is 1. The predicted octanol–water partition coefficient (Wildman–Crippen LogP) is 6.85. The highest BCUT2D eigenvalue weighted by atomic mass is 19.1. The zero-order valence-electron chi connectivity index (χ0n) is 25.5. The molecule has 1 fully saturated rings. The van der Waals surface area contributed by atoms with E-state index in [0.717, 1.165) is 30.6 Å². The lowest BCUT2D eigenvalue weighted by atomic mass is 10.0. The lowest BCUT2D eigenvalue weighted by Gasteiger charge is -2.37. The molecule has 0 saturated carbocycles. The summed E-state index contributed by atoms with van der Waals surface area (Å²) in [4.78, 5) is 37.4. The van der Waals surface area contributed by atoms with Crippen LogP contribution in [0.1, 0.15) is 74.5 Å². The highest BCUT2D eigenvalue weighted by Crippen LogP contribution is 2.23. The Hall–Kier alpha value is -3.88. The van der Waals surface area contributed by atoms with Crippen LogP contribution in [-0.4, -0.2) is 57.4 Å². The summed E-state index contributed by atoms with van der Waals surface area (Å²) in [5.74, 6) is -0.346. The third kappa shape index (κ3) is 9.62. The number of carbonyl (C=O) groups is 2. The summed E-state index contributed by atoms with van der Waals surface area (Å²) in [6.45, 7) is 15.8. The highest BCUT2D eigenvalue weighted by Gasteiger charge is 2.27. The van der Waals surface area contributed by atoms with Gasteiger partial charge in [0.2, 0.25) is 5.91 Å². The summed E-state index contributed by atoms with van der Waals surface area (Å²) in [5.41, 5.74) is 2.60. The maximum absolute atomic E-state index is 14.0. The number of amides is 3. The fraction of sp³-hybridized carbons (Fsp3) is 0.469. The number of nitrogens with zero attached hydrogens (tertiary/aromatic N) is 3. The molecule has 1 aliphatic rings. The largest absolute Gasteiger partial charge is 0.373 e. The van der Waals surface area contributed by atoms with Crippen molar-refractivity contribution in [2.75, 3.05) is 13.6 Å². The van der Waals surface area contributed by atoms with E-state index in [-0.39, 0.29) is 33.3 Å². The molecule has 8 nitrogen and oxygen atoms in total. The van der Waals surface area contributed by atoms with E-state index in [1.54, 1.807) is 24.1 Å². The number of hydrogen-bond donors (Lipinski definition) is 3. The standard InChI is InChI=1S/C28H35FN6O2.2C2H6.2H2/c1-19-10-7-8-15-35(19)20(2)16-24(32-28(37)34(3)18-21-11-5-4-6-12-21)27(36)30-17-25-31-23-14-9-13-22(29)26(23)33-25;2*1-2;;/h4-6,9,11-14,19,24H,2,7-8,10,15-18H2,1,3H3,(H,30,36)(H,31,33)(H,32,37);2*1-2H3;2*1H/t19-,24-;;;;/m0..../s1. The minimum atomic E-state index is -0.825. The molecule has 0 radical (unpaired) electrons. The molecule has 2 heterocycles. The molecule has 1 aliphatic heterocycles. The Labute approximate surface area is 247 Å². The van der Waals surface area contributed by atoms with Crippen molar-refractivity contribution in [1.29, 1.82) is 0 Å². The van der Waals surface area contributed by atoms with Gasteiger partial charge >= 0.3 is 6.03 Å². The van der Waals surface area contributed by atoms with Crippen LogP contribution in [0.5, 0.6) is 0 Å². The van der Waals surface area contributed by atoms with Gasteiger partial charge < -0.3 is 25.4 Å². The molecule has 2 aromatic carbocycles. The van der Waals surface area contributed by atoms with E-state index in [4.69, 9.17) is 0 Å². The Morgan fingerprint density at radius 2 is 1.85 bits per heavy atom. The summed E-state index contributed by atoms with van der Waals surface area (Å²) in [6.07, 6.45) is 3.61. The van der Waals surface area contributed by atoms with E-state index < -0.39 is 11.9 Å². The van der Waals surface area contributed by atoms with Crippen LogP contribution >= 0.6 is 0 Å². The van der Waals surface area contributed by atoms with Gasteiger partial charge in [0, 0.05) is 41.2 Å². The molecule has 2 atom stereocenters. The molecule has 0 unspecified atom stereocenters. The van der Waals surface area contributed by atoms with Gasteiger partial charge in [0.1, 0.15) is 17.4 Å². The number of aromatic amines is 1. The van der Waals surface area contributed by atoms with Gasteiger partial charge in [-0.1, -0.05) is 70.7 Å². The van der Waals surface area contributed by atoms with Crippen molar-refractivity contribution >= 4 is 23.0 Å². The molecule has 0 spiro atoms. The van der Waals surface area contributed by atoms with Crippen molar-refractivity contribution in [1.82, 2.24) is 30.4 Å². The molecule has 0 bridgehead atoms. The number of piperidine rings is 1. The molecule has 4 rings (SSSR count). The van der Waals surface area contributed by atoms with Crippen LogP contribution in [0.3, 0.4) is 0 Å². The average molecular weight is 571 g/mol. The van der Waals surface area contributed by atoms with Crippen LogP contribution in [0.25, 0.3) is 11.0 Å². The second-order valence-electron chi connectivity index (χ2n) is 9.69. The number of likely N-dealkylation sites (tertiary alicyclic amines) is 1. The molecule has 9 heteroatoms. The first kappa shape index (κ1) is 33.3. The Kier molecular flexibility index (Phi) is 13.9. The maximum atomic E-state index is 14.0. The van der Waals surface area contributed by atoms with Gasteiger partial charge in [-0.15, -0.1) is 0 Å². The van der Waals surface area contributed by atoms with Crippen LogP contribution in [0.15, 0.2) is 60.8 Å². The number of rotatable bonds is 9. The van der Waals surface area contributed by atoms with Crippen molar-refractivity contribution in [3.05, 3.63) is 78.0 Å². The van der Waals surface area contributed by atoms with Gasteiger partial charge in [0.05, 0.1) is 12.1 Å². The SMILES string of the molecule is C=C(C[C@H](NC(=O)N(C)Cc1ccccc1)C(=O)NCc1nc2c(F)cccc2[nH]1)N1CCCC[C@@H]1C.CC.CC.[HH].[HH]. The number of nitrogens with one attached hydrogen (secondary N) is 3. The quantitative estimate of drug-likeness (QED) is 0.262. The van der Waals surface area contributed by atoms with E-state index in [0.29, 0.717) is 23.9 Å². The summed E-state index contributed by atoms with van der Waals surface area (Å²) in [7, 11) is 1.70. The fourth-order valence-corrected chi connectivity index (χ4v) is 4.74. The molecular weight excluding hydrogens is 519 g/mol. The number of benzene rings is 2. The summed E-state index contributed by atoms with van der Waals surface area (Å²) < 4.78 is 14.0. The van der Waals surface area contributed by atoms with E-state index >= 15 is 0 Å². The zero-order chi connectivity index (χ0) is 30.4. The number of halogens is 1. The molecule has 3 N–H and O–H groups in total. The molecule has 3 aromatic rings. The third-order valence-electron chi connectivity index (χ3n) is 6.81. The number of carbonyl (C=O) groups excluding carboxylic acids is 2. The lowest BCUT2D eigenvalue weighted by Crippen LogP contribution is -2.51. The van der Waals surface area contributed by atoms with Gasteiger partial charge in [-0.3, -0.25) is 4.79 Å². The minimum Gasteiger partial charge on any atom is -0.373 e. The second kappa shape index (κ2) is 17.0. The van der Waals surface area contributed by atoms with Gasteiger partial charge in [-0.05, 0) is 43.9 Å². The van der Waals surface area contributed by atoms with Crippen LogP contribution in [0, 0.1) is 5.82 Å². The van der Waals surface area contributed by atoms with E-state index in [2.05, 4.69) is 39.0 Å². The minimum absolute atomic E-state index is 0. The molecule has 41 heavy (non-hydrogen) atoms. The Morgan fingerprint density at radius 3 is 2.51 bits per heavy atom. The van der Waals surface area contributed by atoms with Crippen molar-refractivity contribution in [2.24, 2.45) is 0 Å². The zero-order valence-corrected chi connectivity index (χ0v) is 25.5. The number of fused-ring (bicyclic) bond motifs is 1. The normalized spacial score (nSPS) is 15.0. The first-order chi connectivity index (χ1) is 19.8. The number of para-hydroxylation sites is 1. The van der Waals surface area contributed by atoms with Crippen molar-refractivity contribution in [3.63, 3.8) is 0 Å². The first-order valence-corrected chi connectivity index (χ1v) is 14.7. The highest BCUT2D eigenvalue weighted by molar-refractivity contribution is 5.87. The van der Waals surface area contributed by atoms with Crippen molar-refractivity contribution in [2.45, 2.75) is 85.5 Å². The van der Waals surface area contributed by atoms with Crippen molar-refractivity contribution < 1.29 is 16.8 Å². The number of aromatic nitrogens is 2. The number of urea groups is 1. The van der Waals surface area contributed by atoms with Gasteiger partial charge in [-0.2, -0.15) is 0 Å². The lowest BCUT2D eigenvalue weighted by molar-refractivity contribution is -0.123. The Balaban J connectivity index is 0.00000282. The topological polar surface area (TPSA) is 93.4 Å². The molecule has 1 aromatic heterocycles. The average Bonchev–Trinajstić information content (AvgIpc) is 3.43. The summed E-state index contributed by atoms with van der Waals surface area (Å²) in [6, 6.07) is 13.5. The summed E-state index contributed by atoms with van der Waals surface area (Å²) in [5, 5.41) is 5.74. The first-order valence-electron chi connectivity index (χ1n) is 14.7. The molecular formula is C32H51FN6O2. The van der Waals surface area contributed by atoms with Crippen molar-refractivity contribution in [3.8, 4) is 0 Å². The van der Waals surface area contributed by atoms with E-state index in [1.807, 2.05) is 58.0 Å². The van der Waals surface area contributed by atoms with Crippen LogP contribution in [-0.2, 0) is 17.9 Å². The molecule has 228 valence electrons. The van der Waals surface area contributed by atoms with Crippen LogP contribution in [0.2, 0.25) is 0 Å². The Bertz CT molecular complexity index is 1260. The van der Waals surface area contributed by atoms with Gasteiger partial charge in [0.25, 0.3) is 0 Å². The maximum Gasteiger partial charge on any atom is 0.318 e. The Morgan fingerprint density at radius 1 is 1.15 bits per heavy atom. The van der Waals surface area contributed by atoms with E-state index in [9.17, 15) is 14.0 Å².